The van der Waals surface area contributed by atoms with Crippen molar-refractivity contribution < 1.29 is 9.90 Å². The van der Waals surface area contributed by atoms with Gasteiger partial charge in [-0.1, -0.05) is 20.8 Å². The van der Waals surface area contributed by atoms with Gasteiger partial charge in [-0.05, 0) is 24.5 Å². The number of carboxylic acid groups (broad SMARTS) is 1. The van der Waals surface area contributed by atoms with Crippen LogP contribution in [0.15, 0.2) is 18.3 Å². The van der Waals surface area contributed by atoms with Crippen LogP contribution < -0.4 is 5.32 Å². The Balaban J connectivity index is 2.80. The summed E-state index contributed by atoms with van der Waals surface area (Å²) in [6, 6.07) is 3.70. The van der Waals surface area contributed by atoms with Crippen molar-refractivity contribution in [1.82, 2.24) is 4.98 Å². The van der Waals surface area contributed by atoms with E-state index >= 15 is 0 Å². The summed E-state index contributed by atoms with van der Waals surface area (Å²) in [7, 11) is 0. The zero-order valence-corrected chi connectivity index (χ0v) is 9.90. The maximum Gasteiger partial charge on any atom is 0.354 e. The Morgan fingerprint density at radius 1 is 1.56 bits per heavy atom. The molecule has 1 aromatic heterocycles. The van der Waals surface area contributed by atoms with Crippen LogP contribution in [0.4, 0.5) is 5.69 Å². The van der Waals surface area contributed by atoms with Gasteiger partial charge in [-0.15, -0.1) is 0 Å². The Kier molecular flexibility index (Phi) is 4.28. The number of hydrogen-bond donors (Lipinski definition) is 2. The fraction of sp³-hybridized carbons (Fsp3) is 0.500. The monoisotopic (exact) mass is 222 g/mol. The lowest BCUT2D eigenvalue weighted by Gasteiger charge is -2.21. The minimum absolute atomic E-state index is 0.0728. The molecule has 1 aromatic rings. The first-order chi connectivity index (χ1) is 7.54. The minimum Gasteiger partial charge on any atom is -0.477 e. The number of aromatic nitrogens is 1. The Hall–Kier alpha value is -1.58. The second kappa shape index (κ2) is 5.49. The zero-order valence-electron chi connectivity index (χ0n) is 9.90. The molecule has 0 radical (unpaired) electrons. The molecule has 0 amide bonds. The molecular formula is C12H18N2O2. The van der Waals surface area contributed by atoms with Crippen LogP contribution in [0.1, 0.15) is 37.7 Å². The number of aromatic carboxylic acids is 1. The fourth-order valence-electron chi connectivity index (χ4n) is 1.59. The molecule has 0 saturated carbocycles. The first-order valence-corrected chi connectivity index (χ1v) is 5.50. The molecule has 0 saturated heterocycles. The van der Waals surface area contributed by atoms with Crippen molar-refractivity contribution in [3.8, 4) is 0 Å². The third-order valence-corrected chi connectivity index (χ3v) is 2.58. The van der Waals surface area contributed by atoms with Crippen molar-refractivity contribution in [3.63, 3.8) is 0 Å². The molecule has 4 heteroatoms. The first kappa shape index (κ1) is 12.5. The van der Waals surface area contributed by atoms with Crippen LogP contribution in [0.25, 0.3) is 0 Å². The first-order valence-electron chi connectivity index (χ1n) is 5.50. The highest BCUT2D eigenvalue weighted by atomic mass is 16.4. The topological polar surface area (TPSA) is 62.2 Å². The van der Waals surface area contributed by atoms with Gasteiger partial charge in [-0.25, -0.2) is 9.78 Å². The molecule has 0 aliphatic rings. The van der Waals surface area contributed by atoms with Gasteiger partial charge in [-0.2, -0.15) is 0 Å². The van der Waals surface area contributed by atoms with Crippen LogP contribution in [0.3, 0.4) is 0 Å². The van der Waals surface area contributed by atoms with E-state index in [4.69, 9.17) is 5.11 Å². The summed E-state index contributed by atoms with van der Waals surface area (Å²) in [5.41, 5.74) is 0.886. The van der Waals surface area contributed by atoms with E-state index in [1.807, 2.05) is 0 Å². The van der Waals surface area contributed by atoms with Crippen molar-refractivity contribution in [2.45, 2.75) is 33.2 Å². The molecule has 0 spiro atoms. The van der Waals surface area contributed by atoms with E-state index in [2.05, 4.69) is 31.1 Å². The molecule has 0 aliphatic heterocycles. The molecule has 0 bridgehead atoms. The van der Waals surface area contributed by atoms with Gasteiger partial charge >= 0.3 is 5.97 Å². The van der Waals surface area contributed by atoms with E-state index < -0.39 is 5.97 Å². The van der Waals surface area contributed by atoms with Crippen molar-refractivity contribution >= 4 is 11.7 Å². The van der Waals surface area contributed by atoms with Crippen LogP contribution in [0.5, 0.6) is 0 Å². The predicted molar refractivity (Wildman–Crippen MR) is 63.7 cm³/mol. The number of hydrogen-bond acceptors (Lipinski definition) is 3. The summed E-state index contributed by atoms with van der Waals surface area (Å²) in [4.78, 5) is 14.5. The molecule has 4 nitrogen and oxygen atoms in total. The van der Waals surface area contributed by atoms with Gasteiger partial charge in [0.2, 0.25) is 0 Å². The molecule has 0 aromatic carbocycles. The predicted octanol–water partition coefficient (Wildman–Crippen LogP) is 2.63. The maximum atomic E-state index is 10.8. The molecular weight excluding hydrogens is 204 g/mol. The molecule has 0 aliphatic carbocycles. The molecule has 88 valence electrons. The van der Waals surface area contributed by atoms with E-state index in [1.54, 1.807) is 12.1 Å². The quantitative estimate of drug-likeness (QED) is 0.804. The lowest BCUT2D eigenvalue weighted by atomic mass is 10.0. The largest absolute Gasteiger partial charge is 0.477 e. The molecule has 1 atom stereocenters. The van der Waals surface area contributed by atoms with Gasteiger partial charge in [0.25, 0.3) is 0 Å². The van der Waals surface area contributed by atoms with Gasteiger partial charge in [0, 0.05) is 17.9 Å². The van der Waals surface area contributed by atoms with Gasteiger partial charge in [0.1, 0.15) is 5.69 Å². The Morgan fingerprint density at radius 3 is 2.75 bits per heavy atom. The number of pyridine rings is 1. The van der Waals surface area contributed by atoms with Gasteiger partial charge < -0.3 is 10.4 Å². The molecule has 0 fully saturated rings. The van der Waals surface area contributed by atoms with Gasteiger partial charge in [0.05, 0.1) is 0 Å². The van der Waals surface area contributed by atoms with E-state index in [0.29, 0.717) is 12.0 Å². The standard InChI is InChI=1S/C12H18N2O2/c1-4-10(8(2)3)14-9-5-6-13-11(7-9)12(15)16/h5-8,10H,4H2,1-3H3,(H,13,14)(H,15,16). The summed E-state index contributed by atoms with van der Waals surface area (Å²) in [6.07, 6.45) is 2.52. The third-order valence-electron chi connectivity index (χ3n) is 2.58. The molecule has 1 unspecified atom stereocenters. The lowest BCUT2D eigenvalue weighted by molar-refractivity contribution is 0.0690. The van der Waals surface area contributed by atoms with Crippen LogP contribution in [0.2, 0.25) is 0 Å². The smallest absolute Gasteiger partial charge is 0.354 e. The van der Waals surface area contributed by atoms with Gasteiger partial charge in [-0.3, -0.25) is 0 Å². The van der Waals surface area contributed by atoms with Crippen molar-refractivity contribution in [3.05, 3.63) is 24.0 Å². The van der Waals surface area contributed by atoms with Crippen LogP contribution in [-0.2, 0) is 0 Å². The summed E-state index contributed by atoms with van der Waals surface area (Å²) in [5, 5.41) is 12.1. The van der Waals surface area contributed by atoms with Crippen LogP contribution >= 0.6 is 0 Å². The second-order valence-electron chi connectivity index (χ2n) is 4.14. The lowest BCUT2D eigenvalue weighted by Crippen LogP contribution is -2.24. The van der Waals surface area contributed by atoms with Crippen molar-refractivity contribution in [2.75, 3.05) is 5.32 Å². The minimum atomic E-state index is -0.999. The average molecular weight is 222 g/mol. The number of carbonyl (C=O) groups is 1. The van der Waals surface area contributed by atoms with E-state index in [1.165, 1.54) is 6.20 Å². The zero-order chi connectivity index (χ0) is 12.1. The molecule has 1 heterocycles. The normalized spacial score (nSPS) is 12.5. The molecule has 1 rings (SSSR count). The van der Waals surface area contributed by atoms with Crippen LogP contribution in [-0.4, -0.2) is 22.1 Å². The number of nitrogens with zero attached hydrogens (tertiary/aromatic N) is 1. The second-order valence-corrected chi connectivity index (χ2v) is 4.14. The summed E-state index contributed by atoms with van der Waals surface area (Å²) in [6.45, 7) is 6.39. The van der Waals surface area contributed by atoms with Gasteiger partial charge in [0.15, 0.2) is 0 Å². The highest BCUT2D eigenvalue weighted by Crippen LogP contribution is 2.15. The average Bonchev–Trinajstić information content (AvgIpc) is 2.25. The van der Waals surface area contributed by atoms with E-state index in [9.17, 15) is 4.79 Å². The van der Waals surface area contributed by atoms with E-state index in [-0.39, 0.29) is 5.69 Å². The number of carboxylic acids is 1. The maximum absolute atomic E-state index is 10.8. The highest BCUT2D eigenvalue weighted by Gasteiger charge is 2.11. The number of anilines is 1. The number of nitrogens with one attached hydrogen (secondary N) is 1. The summed E-state index contributed by atoms with van der Waals surface area (Å²) < 4.78 is 0. The Bertz CT molecular complexity index is 364. The summed E-state index contributed by atoms with van der Waals surface area (Å²) in [5.74, 6) is -0.493. The SMILES string of the molecule is CCC(Nc1ccnc(C(=O)O)c1)C(C)C. The van der Waals surface area contributed by atoms with E-state index in [0.717, 1.165) is 12.1 Å². The third kappa shape index (κ3) is 3.22. The summed E-state index contributed by atoms with van der Waals surface area (Å²) >= 11 is 0. The van der Waals surface area contributed by atoms with Crippen LogP contribution in [0, 0.1) is 5.92 Å². The Morgan fingerprint density at radius 2 is 2.25 bits per heavy atom. The fourth-order valence-corrected chi connectivity index (χ4v) is 1.59. The molecule has 2 N–H and O–H groups in total. The molecule has 16 heavy (non-hydrogen) atoms. The number of rotatable bonds is 5. The highest BCUT2D eigenvalue weighted by molar-refractivity contribution is 5.86. The van der Waals surface area contributed by atoms with Crippen molar-refractivity contribution in [2.24, 2.45) is 5.92 Å². The van der Waals surface area contributed by atoms with Crippen molar-refractivity contribution in [1.29, 1.82) is 0 Å². The Labute approximate surface area is 95.7 Å².